The highest BCUT2D eigenvalue weighted by Crippen LogP contribution is 2.23. The molecule has 0 aliphatic rings. The Morgan fingerprint density at radius 2 is 1.95 bits per heavy atom. The van der Waals surface area contributed by atoms with Gasteiger partial charge in [0, 0.05) is 18.3 Å². The Kier molecular flexibility index (Phi) is 5.26. The Morgan fingerprint density at radius 1 is 1.14 bits per heavy atom. The summed E-state index contributed by atoms with van der Waals surface area (Å²) in [6.07, 6.45) is 2.66. The quantitative estimate of drug-likeness (QED) is 0.784. The summed E-state index contributed by atoms with van der Waals surface area (Å²) >= 11 is 11.8. The molecule has 5 heteroatoms. The Hall–Kier alpha value is -1.97. The third kappa shape index (κ3) is 4.81. The van der Waals surface area contributed by atoms with E-state index < -0.39 is 5.97 Å². The number of hydrogen-bond acceptors (Lipinski definition) is 2. The van der Waals surface area contributed by atoms with Gasteiger partial charge in [-0.05, 0) is 41.5 Å². The van der Waals surface area contributed by atoms with Crippen molar-refractivity contribution in [2.45, 2.75) is 6.54 Å². The molecule has 0 amide bonds. The van der Waals surface area contributed by atoms with Crippen LogP contribution < -0.4 is 5.32 Å². The molecular formula is C16H13Cl2NO2. The largest absolute Gasteiger partial charge is 0.478 e. The van der Waals surface area contributed by atoms with Crippen LogP contribution in [0.5, 0.6) is 0 Å². The summed E-state index contributed by atoms with van der Waals surface area (Å²) in [5.41, 5.74) is 2.72. The first-order valence-electron chi connectivity index (χ1n) is 6.23. The molecule has 2 rings (SSSR count). The molecule has 2 aromatic rings. The molecule has 3 nitrogen and oxygen atoms in total. The second-order valence-electron chi connectivity index (χ2n) is 4.40. The third-order valence-electron chi connectivity index (χ3n) is 2.79. The van der Waals surface area contributed by atoms with E-state index in [4.69, 9.17) is 28.3 Å². The van der Waals surface area contributed by atoms with Crippen LogP contribution in [0, 0.1) is 0 Å². The minimum Gasteiger partial charge on any atom is -0.478 e. The number of carboxylic acids is 1. The molecule has 0 aliphatic heterocycles. The fourth-order valence-electron chi connectivity index (χ4n) is 1.77. The zero-order valence-electron chi connectivity index (χ0n) is 11.0. The number of nitrogens with one attached hydrogen (secondary N) is 1. The van der Waals surface area contributed by atoms with Gasteiger partial charge in [-0.1, -0.05) is 41.4 Å². The van der Waals surface area contributed by atoms with Crippen molar-refractivity contribution >= 4 is 40.9 Å². The predicted octanol–water partition coefficient (Wildman–Crippen LogP) is 4.70. The van der Waals surface area contributed by atoms with Crippen LogP contribution in [0.2, 0.25) is 10.0 Å². The molecular weight excluding hydrogens is 309 g/mol. The Bertz CT molecular complexity index is 684. The first-order chi connectivity index (χ1) is 10.0. The van der Waals surface area contributed by atoms with Gasteiger partial charge >= 0.3 is 5.97 Å². The second-order valence-corrected chi connectivity index (χ2v) is 5.21. The van der Waals surface area contributed by atoms with Crippen LogP contribution in [0.15, 0.2) is 48.5 Å². The highest BCUT2D eigenvalue weighted by molar-refractivity contribution is 6.42. The highest BCUT2D eigenvalue weighted by atomic mass is 35.5. The van der Waals surface area contributed by atoms with Crippen molar-refractivity contribution < 1.29 is 9.90 Å². The Morgan fingerprint density at radius 3 is 2.67 bits per heavy atom. The van der Waals surface area contributed by atoms with Crippen molar-refractivity contribution in [3.63, 3.8) is 0 Å². The number of hydrogen-bond donors (Lipinski definition) is 2. The summed E-state index contributed by atoms with van der Waals surface area (Å²) in [7, 11) is 0. The first-order valence-corrected chi connectivity index (χ1v) is 6.99. The van der Waals surface area contributed by atoms with E-state index in [2.05, 4.69) is 5.32 Å². The summed E-state index contributed by atoms with van der Waals surface area (Å²) in [5, 5.41) is 12.9. The van der Waals surface area contributed by atoms with Crippen molar-refractivity contribution in [2.75, 3.05) is 5.32 Å². The minimum atomic E-state index is -0.968. The average Bonchev–Trinajstić information content (AvgIpc) is 2.47. The van der Waals surface area contributed by atoms with Crippen LogP contribution in [0.1, 0.15) is 11.1 Å². The number of benzene rings is 2. The van der Waals surface area contributed by atoms with Gasteiger partial charge in [-0.2, -0.15) is 0 Å². The van der Waals surface area contributed by atoms with Crippen molar-refractivity contribution in [1.82, 2.24) is 0 Å². The first kappa shape index (κ1) is 15.4. The Balaban J connectivity index is 2.04. The van der Waals surface area contributed by atoms with Crippen molar-refractivity contribution in [2.24, 2.45) is 0 Å². The lowest BCUT2D eigenvalue weighted by atomic mass is 10.1. The number of anilines is 1. The second kappa shape index (κ2) is 7.16. The zero-order valence-corrected chi connectivity index (χ0v) is 12.5. The lowest BCUT2D eigenvalue weighted by molar-refractivity contribution is -0.131. The molecule has 0 atom stereocenters. The van der Waals surface area contributed by atoms with E-state index in [1.54, 1.807) is 12.1 Å². The molecule has 108 valence electrons. The van der Waals surface area contributed by atoms with Crippen molar-refractivity contribution in [3.8, 4) is 0 Å². The van der Waals surface area contributed by atoms with Gasteiger partial charge in [0.1, 0.15) is 0 Å². The fraction of sp³-hybridized carbons (Fsp3) is 0.0625. The van der Waals surface area contributed by atoms with Crippen molar-refractivity contribution in [1.29, 1.82) is 0 Å². The lowest BCUT2D eigenvalue weighted by Gasteiger charge is -2.08. The van der Waals surface area contributed by atoms with Crippen LogP contribution in [-0.4, -0.2) is 11.1 Å². The van der Waals surface area contributed by atoms with Crippen LogP contribution in [0.4, 0.5) is 5.69 Å². The van der Waals surface area contributed by atoms with Gasteiger partial charge in [0.2, 0.25) is 0 Å². The van der Waals surface area contributed by atoms with Gasteiger partial charge in [-0.15, -0.1) is 0 Å². The number of carboxylic acid groups (broad SMARTS) is 1. The van der Waals surface area contributed by atoms with Gasteiger partial charge < -0.3 is 10.4 Å². The van der Waals surface area contributed by atoms with Crippen LogP contribution in [0.3, 0.4) is 0 Å². The number of aliphatic carboxylic acids is 1. The van der Waals surface area contributed by atoms with Gasteiger partial charge in [-0.3, -0.25) is 0 Å². The standard InChI is InChI=1S/C16H13Cl2NO2/c17-14-6-4-12(9-15(14)18)10-19-13-3-1-2-11(8-13)5-7-16(20)21/h1-9,19H,10H2,(H,20,21)/b7-5+. The normalized spacial score (nSPS) is 10.8. The summed E-state index contributed by atoms with van der Waals surface area (Å²) in [4.78, 5) is 10.5. The monoisotopic (exact) mass is 321 g/mol. The molecule has 0 unspecified atom stereocenters. The van der Waals surface area contributed by atoms with E-state index in [-0.39, 0.29) is 0 Å². The van der Waals surface area contributed by atoms with Gasteiger partial charge in [0.15, 0.2) is 0 Å². The summed E-state index contributed by atoms with van der Waals surface area (Å²) < 4.78 is 0. The highest BCUT2D eigenvalue weighted by Gasteiger charge is 2.00. The fourth-order valence-corrected chi connectivity index (χ4v) is 2.09. The smallest absolute Gasteiger partial charge is 0.328 e. The Labute approximate surface area is 132 Å². The predicted molar refractivity (Wildman–Crippen MR) is 86.9 cm³/mol. The molecule has 0 heterocycles. The molecule has 2 N–H and O–H groups in total. The molecule has 2 aromatic carbocycles. The topological polar surface area (TPSA) is 49.3 Å². The lowest BCUT2D eigenvalue weighted by Crippen LogP contribution is -1.99. The van der Waals surface area contributed by atoms with Crippen LogP contribution in [0.25, 0.3) is 6.08 Å². The van der Waals surface area contributed by atoms with E-state index in [0.717, 1.165) is 22.9 Å². The average molecular weight is 322 g/mol. The van der Waals surface area contributed by atoms with E-state index >= 15 is 0 Å². The molecule has 0 aromatic heterocycles. The minimum absolute atomic E-state index is 0.522. The third-order valence-corrected chi connectivity index (χ3v) is 3.52. The zero-order chi connectivity index (χ0) is 15.2. The van der Waals surface area contributed by atoms with Gasteiger partial charge in [0.05, 0.1) is 10.0 Å². The molecule has 0 saturated heterocycles. The van der Waals surface area contributed by atoms with Crippen LogP contribution in [-0.2, 0) is 11.3 Å². The van der Waals surface area contributed by atoms with Crippen LogP contribution >= 0.6 is 23.2 Å². The maximum Gasteiger partial charge on any atom is 0.328 e. The van der Waals surface area contributed by atoms with Crippen molar-refractivity contribution in [3.05, 3.63) is 69.7 Å². The molecule has 0 bridgehead atoms. The van der Waals surface area contributed by atoms with E-state index in [9.17, 15) is 4.79 Å². The molecule has 0 radical (unpaired) electrons. The number of carbonyl (C=O) groups is 1. The number of halogens is 2. The molecule has 21 heavy (non-hydrogen) atoms. The molecule has 0 saturated carbocycles. The van der Waals surface area contributed by atoms with E-state index in [0.29, 0.717) is 16.6 Å². The van der Waals surface area contributed by atoms with Gasteiger partial charge in [-0.25, -0.2) is 4.79 Å². The molecule has 0 aliphatic carbocycles. The van der Waals surface area contributed by atoms with E-state index in [1.807, 2.05) is 36.4 Å². The van der Waals surface area contributed by atoms with Gasteiger partial charge in [0.25, 0.3) is 0 Å². The number of rotatable bonds is 5. The summed E-state index contributed by atoms with van der Waals surface area (Å²) in [6, 6.07) is 12.9. The maximum absolute atomic E-state index is 10.5. The summed E-state index contributed by atoms with van der Waals surface area (Å²) in [6.45, 7) is 0.600. The molecule has 0 spiro atoms. The summed E-state index contributed by atoms with van der Waals surface area (Å²) in [5.74, 6) is -0.968. The SMILES string of the molecule is O=C(O)/C=C/c1cccc(NCc2ccc(Cl)c(Cl)c2)c1. The van der Waals surface area contributed by atoms with E-state index in [1.165, 1.54) is 0 Å². The molecule has 0 fully saturated rings. The maximum atomic E-state index is 10.5.